The highest BCUT2D eigenvalue weighted by Crippen LogP contribution is 2.52. The molecule has 1 unspecified atom stereocenters. The predicted octanol–water partition coefficient (Wildman–Crippen LogP) is 5.35. The lowest BCUT2D eigenvalue weighted by molar-refractivity contribution is -0.129. The van der Waals surface area contributed by atoms with Crippen LogP contribution in [-0.4, -0.2) is 32.1 Å². The molecule has 0 bridgehead atoms. The minimum atomic E-state index is -0.560. The maximum atomic E-state index is 12.9. The van der Waals surface area contributed by atoms with Crippen LogP contribution in [-0.2, 0) is 9.59 Å². The van der Waals surface area contributed by atoms with Crippen LogP contribution in [0.3, 0.4) is 0 Å². The maximum Gasteiger partial charge on any atom is 0.217 e. The third-order valence-corrected chi connectivity index (χ3v) is 7.18. The van der Waals surface area contributed by atoms with Gasteiger partial charge in [-0.2, -0.15) is 0 Å². The summed E-state index contributed by atoms with van der Waals surface area (Å²) in [6, 6.07) is 2.52. The van der Waals surface area contributed by atoms with Crippen LogP contribution < -0.4 is 0 Å². The van der Waals surface area contributed by atoms with Gasteiger partial charge in [0.25, 0.3) is 0 Å². The van der Waals surface area contributed by atoms with Crippen molar-refractivity contribution >= 4 is 69.9 Å². The average Bonchev–Trinajstić information content (AvgIpc) is 2.59. The van der Waals surface area contributed by atoms with E-state index in [-0.39, 0.29) is 5.12 Å². The van der Waals surface area contributed by atoms with Crippen LogP contribution in [0.5, 0.6) is 0 Å². The molecule has 1 heterocycles. The van der Waals surface area contributed by atoms with Crippen molar-refractivity contribution in [3.63, 3.8) is 0 Å². The molecule has 126 valence electrons. The molecular weight excluding hydrogens is 397 g/mol. The molecule has 23 heavy (non-hydrogen) atoms. The van der Waals surface area contributed by atoms with E-state index >= 15 is 0 Å². The van der Waals surface area contributed by atoms with Gasteiger partial charge in [-0.3, -0.25) is 9.59 Å². The largest absolute Gasteiger partial charge is 0.319 e. The third-order valence-electron chi connectivity index (χ3n) is 3.59. The summed E-state index contributed by atoms with van der Waals surface area (Å²) < 4.78 is -0.406. The number of hydrogen-bond donors (Lipinski definition) is 0. The van der Waals surface area contributed by atoms with Crippen LogP contribution in [0.2, 0.25) is 15.1 Å². The van der Waals surface area contributed by atoms with Gasteiger partial charge in [-0.25, -0.2) is 0 Å². The standard InChI is InChI=1S/C15H16Cl3NO2S2/c1-14(2)12(19(7-20)15(3,4)23-14)13(21)22-11-6-9(17)8(16)5-10(11)18/h5-7,12H,1-4H3. The monoisotopic (exact) mass is 411 g/mol. The molecule has 0 spiro atoms. The van der Waals surface area contributed by atoms with E-state index in [1.165, 1.54) is 6.07 Å². The molecule has 0 radical (unpaired) electrons. The molecule has 1 fully saturated rings. The van der Waals surface area contributed by atoms with Crippen LogP contribution >= 0.6 is 58.3 Å². The smallest absolute Gasteiger partial charge is 0.217 e. The van der Waals surface area contributed by atoms with Gasteiger partial charge >= 0.3 is 0 Å². The summed E-state index contributed by atoms with van der Waals surface area (Å²) in [5, 5.41) is 0.874. The molecule has 2 rings (SSSR count). The highest BCUT2D eigenvalue weighted by molar-refractivity contribution is 8.14. The fourth-order valence-electron chi connectivity index (χ4n) is 2.73. The summed E-state index contributed by atoms with van der Waals surface area (Å²) in [5.41, 5.74) is 0. The predicted molar refractivity (Wildman–Crippen MR) is 99.8 cm³/mol. The Kier molecular flexibility index (Phi) is 5.59. The van der Waals surface area contributed by atoms with E-state index in [0.717, 1.165) is 18.2 Å². The molecule has 0 aromatic heterocycles. The van der Waals surface area contributed by atoms with E-state index in [9.17, 15) is 9.59 Å². The molecule has 0 N–H and O–H groups in total. The van der Waals surface area contributed by atoms with Crippen molar-refractivity contribution in [1.29, 1.82) is 0 Å². The number of benzene rings is 1. The summed E-state index contributed by atoms with van der Waals surface area (Å²) >= 11 is 20.6. The van der Waals surface area contributed by atoms with Crippen LogP contribution in [0.15, 0.2) is 17.0 Å². The summed E-state index contributed by atoms with van der Waals surface area (Å²) in [5.74, 6) is 0. The van der Waals surface area contributed by atoms with E-state index in [0.29, 0.717) is 20.0 Å². The normalized spacial score (nSPS) is 22.2. The van der Waals surface area contributed by atoms with Crippen molar-refractivity contribution in [2.75, 3.05) is 0 Å². The fourth-order valence-corrected chi connectivity index (χ4v) is 6.48. The van der Waals surface area contributed by atoms with Gasteiger partial charge in [0.15, 0.2) is 0 Å². The molecule has 3 nitrogen and oxygen atoms in total. The molecule has 1 aliphatic rings. The first-order chi connectivity index (χ1) is 10.5. The molecule has 1 amide bonds. The van der Waals surface area contributed by atoms with E-state index < -0.39 is 15.7 Å². The lowest BCUT2D eigenvalue weighted by Gasteiger charge is -2.31. The minimum Gasteiger partial charge on any atom is -0.319 e. The second-order valence-electron chi connectivity index (χ2n) is 6.19. The van der Waals surface area contributed by atoms with Gasteiger partial charge in [-0.15, -0.1) is 11.8 Å². The number of carbonyl (C=O) groups excluding carboxylic acids is 2. The number of carbonyl (C=O) groups is 2. The maximum absolute atomic E-state index is 12.9. The van der Waals surface area contributed by atoms with Gasteiger partial charge in [-0.1, -0.05) is 34.8 Å². The molecule has 1 aromatic rings. The molecule has 8 heteroatoms. The Balaban J connectivity index is 2.33. The number of amides is 1. The summed E-state index contributed by atoms with van der Waals surface area (Å²) in [6.45, 7) is 7.78. The number of halogens is 3. The number of rotatable bonds is 3. The molecule has 0 saturated carbocycles. The van der Waals surface area contributed by atoms with Crippen molar-refractivity contribution in [2.45, 2.75) is 48.3 Å². The van der Waals surface area contributed by atoms with E-state index in [2.05, 4.69) is 0 Å². The molecule has 1 saturated heterocycles. The van der Waals surface area contributed by atoms with Gasteiger partial charge in [0.1, 0.15) is 6.04 Å². The lowest BCUT2D eigenvalue weighted by atomic mass is 10.0. The van der Waals surface area contributed by atoms with Crippen molar-refractivity contribution in [2.24, 2.45) is 0 Å². The lowest BCUT2D eigenvalue weighted by Crippen LogP contribution is -2.48. The van der Waals surface area contributed by atoms with Crippen molar-refractivity contribution < 1.29 is 9.59 Å². The van der Waals surface area contributed by atoms with Crippen LogP contribution in [0, 0.1) is 0 Å². The number of thioether (sulfide) groups is 2. The zero-order valence-electron chi connectivity index (χ0n) is 13.0. The Hall–Kier alpha value is -0.0700. The summed E-state index contributed by atoms with van der Waals surface area (Å²) in [4.78, 5) is 26.0. The van der Waals surface area contributed by atoms with Gasteiger partial charge in [0, 0.05) is 9.64 Å². The summed E-state index contributed by atoms with van der Waals surface area (Å²) in [7, 11) is 0. The minimum absolute atomic E-state index is 0.152. The van der Waals surface area contributed by atoms with E-state index in [4.69, 9.17) is 34.8 Å². The Labute approximate surface area is 159 Å². The first-order valence-electron chi connectivity index (χ1n) is 6.80. The van der Waals surface area contributed by atoms with Gasteiger partial charge in [0.05, 0.1) is 19.9 Å². The fraction of sp³-hybridized carbons (Fsp3) is 0.467. The Morgan fingerprint density at radius 2 is 1.74 bits per heavy atom. The van der Waals surface area contributed by atoms with E-state index in [1.807, 2.05) is 27.7 Å². The quantitative estimate of drug-likeness (QED) is 0.381. The molecule has 0 aliphatic carbocycles. The molecular formula is C15H16Cl3NO2S2. The zero-order valence-corrected chi connectivity index (χ0v) is 16.9. The van der Waals surface area contributed by atoms with Crippen molar-refractivity contribution in [3.05, 3.63) is 27.2 Å². The van der Waals surface area contributed by atoms with E-state index in [1.54, 1.807) is 22.7 Å². The Bertz CT molecular complexity index is 664. The Morgan fingerprint density at radius 1 is 1.17 bits per heavy atom. The van der Waals surface area contributed by atoms with Gasteiger partial charge in [0.2, 0.25) is 11.5 Å². The van der Waals surface area contributed by atoms with Crippen molar-refractivity contribution in [1.82, 2.24) is 4.90 Å². The Morgan fingerprint density at radius 3 is 2.30 bits per heavy atom. The zero-order chi connectivity index (χ0) is 17.6. The summed E-state index contributed by atoms with van der Waals surface area (Å²) in [6.07, 6.45) is 0.737. The van der Waals surface area contributed by atoms with Gasteiger partial charge < -0.3 is 4.90 Å². The second kappa shape index (κ2) is 6.68. The van der Waals surface area contributed by atoms with Crippen LogP contribution in [0.25, 0.3) is 0 Å². The van der Waals surface area contributed by atoms with Crippen LogP contribution in [0.4, 0.5) is 0 Å². The third kappa shape index (κ3) is 3.79. The first kappa shape index (κ1) is 19.3. The topological polar surface area (TPSA) is 37.4 Å². The molecule has 1 aliphatic heterocycles. The number of hydrogen-bond acceptors (Lipinski definition) is 4. The SMILES string of the molecule is CC1(C)SC(C)(C)N(C=O)C1C(=O)Sc1cc(Cl)c(Cl)cc1Cl. The van der Waals surface area contributed by atoms with Gasteiger partial charge in [-0.05, 0) is 51.6 Å². The van der Waals surface area contributed by atoms with Crippen LogP contribution in [0.1, 0.15) is 27.7 Å². The highest BCUT2D eigenvalue weighted by atomic mass is 35.5. The average molecular weight is 413 g/mol. The second-order valence-corrected chi connectivity index (χ2v) is 10.7. The molecule has 1 atom stereocenters. The number of nitrogens with zero attached hydrogens (tertiary/aromatic N) is 1. The molecule has 1 aromatic carbocycles. The first-order valence-corrected chi connectivity index (χ1v) is 9.56. The van der Waals surface area contributed by atoms with Crippen molar-refractivity contribution in [3.8, 4) is 0 Å². The highest BCUT2D eigenvalue weighted by Gasteiger charge is 2.54.